The minimum absolute atomic E-state index is 0.245. The van der Waals surface area contributed by atoms with Crippen LogP contribution in [0.3, 0.4) is 0 Å². The zero-order valence-electron chi connectivity index (χ0n) is 15.9. The molecule has 1 aliphatic heterocycles. The molecule has 0 saturated carbocycles. The molecule has 27 heavy (non-hydrogen) atoms. The normalized spacial score (nSPS) is 16.0. The van der Waals surface area contributed by atoms with Gasteiger partial charge in [0.1, 0.15) is 4.38 Å². The summed E-state index contributed by atoms with van der Waals surface area (Å²) >= 11 is 3.38. The van der Waals surface area contributed by atoms with Crippen LogP contribution in [0.2, 0.25) is 0 Å². The Hall–Kier alpha value is -1.58. The third kappa shape index (κ3) is 5.03. The maximum absolute atomic E-state index is 12.3. The number of tetrazole rings is 1. The summed E-state index contributed by atoms with van der Waals surface area (Å²) in [4.78, 5) is 17.1. The maximum Gasteiger partial charge on any atom is 0.368 e. The third-order valence-corrected chi connectivity index (χ3v) is 6.81. The molecule has 0 atom stereocenters. The average Bonchev–Trinajstić information content (AvgIpc) is 3.02. The molecule has 0 N–H and O–H groups in total. The number of nitrogens with zero attached hydrogens (tertiary/aromatic N) is 5. The third-order valence-electron chi connectivity index (χ3n) is 4.67. The minimum atomic E-state index is -0.245. The Kier molecular flexibility index (Phi) is 7.14. The van der Waals surface area contributed by atoms with Crippen LogP contribution in [-0.4, -0.2) is 50.2 Å². The van der Waals surface area contributed by atoms with Crippen molar-refractivity contribution in [1.29, 1.82) is 0 Å². The van der Waals surface area contributed by atoms with Gasteiger partial charge in [-0.2, -0.15) is 9.36 Å². The van der Waals surface area contributed by atoms with Crippen molar-refractivity contribution in [1.82, 2.24) is 19.8 Å². The topological polar surface area (TPSA) is 74.3 Å². The van der Waals surface area contributed by atoms with Crippen LogP contribution in [0.15, 0.2) is 28.0 Å². The molecule has 2 aromatic rings. The number of aromatic nitrogens is 4. The number of aryl methyl sites for hydroxylation is 2. The lowest BCUT2D eigenvalue weighted by Gasteiger charge is -2.20. The highest BCUT2D eigenvalue weighted by molar-refractivity contribution is 8.38. The summed E-state index contributed by atoms with van der Waals surface area (Å²) in [6.45, 7) is 4.61. The van der Waals surface area contributed by atoms with Gasteiger partial charge in [-0.15, -0.1) is 11.8 Å². The van der Waals surface area contributed by atoms with E-state index in [0.29, 0.717) is 5.92 Å². The van der Waals surface area contributed by atoms with E-state index in [1.165, 1.54) is 9.36 Å². The van der Waals surface area contributed by atoms with E-state index < -0.39 is 0 Å². The second-order valence-electron chi connectivity index (χ2n) is 6.52. The molecule has 1 aromatic heterocycles. The Morgan fingerprint density at radius 3 is 2.78 bits per heavy atom. The summed E-state index contributed by atoms with van der Waals surface area (Å²) in [6, 6.07) is 5.91. The lowest BCUT2D eigenvalue weighted by atomic mass is 10.0. The molecule has 3 rings (SSSR count). The van der Waals surface area contributed by atoms with Crippen molar-refractivity contribution in [3.63, 3.8) is 0 Å². The van der Waals surface area contributed by atoms with Crippen LogP contribution >= 0.6 is 23.5 Å². The lowest BCUT2D eigenvalue weighted by molar-refractivity contribution is 0.0690. The lowest BCUT2D eigenvalue weighted by Crippen LogP contribution is -2.23. The van der Waals surface area contributed by atoms with Crippen molar-refractivity contribution in [2.45, 2.75) is 25.5 Å². The molecule has 0 bridgehead atoms. The summed E-state index contributed by atoms with van der Waals surface area (Å²) in [6.07, 6.45) is 4.24. The molecule has 0 amide bonds. The quantitative estimate of drug-likeness (QED) is 0.560. The fourth-order valence-corrected chi connectivity index (χ4v) is 4.63. The number of aliphatic imine (C=N–C) groups is 1. The van der Waals surface area contributed by atoms with Crippen molar-refractivity contribution >= 4 is 27.9 Å². The van der Waals surface area contributed by atoms with Crippen LogP contribution in [-0.2, 0) is 17.5 Å². The van der Waals surface area contributed by atoms with Gasteiger partial charge in [-0.05, 0) is 59.6 Å². The molecule has 2 heterocycles. The van der Waals surface area contributed by atoms with Crippen molar-refractivity contribution in [2.75, 3.05) is 26.0 Å². The monoisotopic (exact) mass is 407 g/mol. The van der Waals surface area contributed by atoms with E-state index in [2.05, 4.69) is 29.7 Å². The van der Waals surface area contributed by atoms with Crippen LogP contribution in [0.1, 0.15) is 24.0 Å². The van der Waals surface area contributed by atoms with Crippen LogP contribution in [0.25, 0.3) is 5.69 Å². The first-order chi connectivity index (χ1) is 13.1. The predicted octanol–water partition coefficient (Wildman–Crippen LogP) is 2.65. The molecular formula is C18H25N5O2S2. The number of benzene rings is 1. The molecule has 0 unspecified atom stereocenters. The zero-order chi connectivity index (χ0) is 19.2. The average molecular weight is 408 g/mol. The van der Waals surface area contributed by atoms with Gasteiger partial charge < -0.3 is 4.74 Å². The zero-order valence-corrected chi connectivity index (χ0v) is 17.6. The van der Waals surface area contributed by atoms with Crippen molar-refractivity contribution < 1.29 is 4.74 Å². The van der Waals surface area contributed by atoms with E-state index in [1.807, 2.05) is 12.1 Å². The van der Waals surface area contributed by atoms with Gasteiger partial charge in [0.2, 0.25) is 0 Å². The van der Waals surface area contributed by atoms with Crippen molar-refractivity contribution in [2.24, 2.45) is 18.0 Å². The molecule has 0 aliphatic carbocycles. The van der Waals surface area contributed by atoms with Crippen LogP contribution in [0, 0.1) is 12.8 Å². The largest absolute Gasteiger partial charge is 0.381 e. The van der Waals surface area contributed by atoms with E-state index >= 15 is 0 Å². The number of rotatable bonds is 5. The first-order valence-electron chi connectivity index (χ1n) is 8.97. The maximum atomic E-state index is 12.3. The van der Waals surface area contributed by atoms with Gasteiger partial charge in [0.25, 0.3) is 0 Å². The fourth-order valence-electron chi connectivity index (χ4n) is 2.97. The summed E-state index contributed by atoms with van der Waals surface area (Å²) in [5.74, 6) is 1.35. The highest BCUT2D eigenvalue weighted by Gasteiger charge is 2.15. The molecule has 1 aromatic carbocycles. The Morgan fingerprint density at radius 2 is 2.11 bits per heavy atom. The SMILES string of the molecule is CS/C(=N\CC1CCOCC1)SCc1c(C)cccc1-n1nnn(C)c1=O. The number of ether oxygens (including phenoxy) is 1. The summed E-state index contributed by atoms with van der Waals surface area (Å²) in [7, 11) is 1.60. The molecule has 0 radical (unpaired) electrons. The number of hydrogen-bond acceptors (Lipinski definition) is 7. The second-order valence-corrected chi connectivity index (χ2v) is 8.54. The summed E-state index contributed by atoms with van der Waals surface area (Å²) in [5.41, 5.74) is 2.75. The Morgan fingerprint density at radius 1 is 1.33 bits per heavy atom. The molecular weight excluding hydrogens is 382 g/mol. The Balaban J connectivity index is 1.74. The number of thioether (sulfide) groups is 2. The Labute approximate surface area is 167 Å². The van der Waals surface area contributed by atoms with Crippen LogP contribution < -0.4 is 5.69 Å². The highest BCUT2D eigenvalue weighted by atomic mass is 32.2. The fraction of sp³-hybridized carbons (Fsp3) is 0.556. The smallest absolute Gasteiger partial charge is 0.368 e. The molecule has 9 heteroatoms. The van der Waals surface area contributed by atoms with E-state index in [1.54, 1.807) is 30.6 Å². The van der Waals surface area contributed by atoms with Crippen molar-refractivity contribution in [3.8, 4) is 5.69 Å². The molecule has 0 spiro atoms. The van der Waals surface area contributed by atoms with Crippen LogP contribution in [0.5, 0.6) is 0 Å². The van der Waals surface area contributed by atoms with Gasteiger partial charge in [-0.1, -0.05) is 23.9 Å². The van der Waals surface area contributed by atoms with Gasteiger partial charge in [-0.3, -0.25) is 4.99 Å². The minimum Gasteiger partial charge on any atom is -0.381 e. The Bertz CT molecular complexity index is 856. The first-order valence-corrected chi connectivity index (χ1v) is 11.2. The predicted molar refractivity (Wildman–Crippen MR) is 112 cm³/mol. The van der Waals surface area contributed by atoms with Gasteiger partial charge >= 0.3 is 5.69 Å². The van der Waals surface area contributed by atoms with Gasteiger partial charge in [0.05, 0.1) is 5.69 Å². The van der Waals surface area contributed by atoms with E-state index in [-0.39, 0.29) is 5.69 Å². The summed E-state index contributed by atoms with van der Waals surface area (Å²) in [5, 5.41) is 7.82. The molecule has 146 valence electrons. The van der Waals surface area contributed by atoms with E-state index in [0.717, 1.165) is 59.5 Å². The van der Waals surface area contributed by atoms with E-state index in [4.69, 9.17) is 9.73 Å². The molecule has 1 aliphatic rings. The molecule has 7 nitrogen and oxygen atoms in total. The second kappa shape index (κ2) is 9.57. The van der Waals surface area contributed by atoms with Gasteiger partial charge in [0, 0.05) is 32.6 Å². The van der Waals surface area contributed by atoms with Gasteiger partial charge in [0.15, 0.2) is 0 Å². The number of hydrogen-bond donors (Lipinski definition) is 0. The van der Waals surface area contributed by atoms with Crippen LogP contribution in [0.4, 0.5) is 0 Å². The summed E-state index contributed by atoms with van der Waals surface area (Å²) < 4.78 is 9.09. The standard InChI is InChI=1S/C18H25N5O2S2/c1-13-5-4-6-16(23-18(24)22(2)20-21-23)15(13)12-27-17(26-3)19-11-14-7-9-25-10-8-14/h4-6,14H,7-12H2,1-3H3/b19-17+. The van der Waals surface area contributed by atoms with Gasteiger partial charge in [-0.25, -0.2) is 4.79 Å². The highest BCUT2D eigenvalue weighted by Crippen LogP contribution is 2.26. The first kappa shape index (κ1) is 20.2. The molecule has 1 fully saturated rings. The molecule has 1 saturated heterocycles. The van der Waals surface area contributed by atoms with E-state index in [9.17, 15) is 4.79 Å². The van der Waals surface area contributed by atoms with Crippen molar-refractivity contribution in [3.05, 3.63) is 39.8 Å².